The predicted octanol–water partition coefficient (Wildman–Crippen LogP) is 4.00. The summed E-state index contributed by atoms with van der Waals surface area (Å²) in [5.74, 6) is -2.60. The molecule has 1 aromatic heterocycles. The van der Waals surface area contributed by atoms with E-state index in [2.05, 4.69) is 4.98 Å². The smallest absolute Gasteiger partial charge is 0.341 e. The molecule has 4 nitrogen and oxygen atoms in total. The zero-order chi connectivity index (χ0) is 16.4. The van der Waals surface area contributed by atoms with Gasteiger partial charge in [-0.1, -0.05) is 18.2 Å². The number of halogens is 2. The minimum absolute atomic E-state index is 0.421. The van der Waals surface area contributed by atoms with Crippen molar-refractivity contribution in [3.8, 4) is 22.8 Å². The third kappa shape index (κ3) is 3.00. The quantitative estimate of drug-likeness (QED) is 0.723. The fourth-order valence-electron chi connectivity index (χ4n) is 2.03. The highest BCUT2D eigenvalue weighted by Gasteiger charge is 2.26. The molecule has 7 heteroatoms. The van der Waals surface area contributed by atoms with E-state index >= 15 is 0 Å². The van der Waals surface area contributed by atoms with Crippen molar-refractivity contribution in [2.75, 3.05) is 0 Å². The van der Waals surface area contributed by atoms with Crippen molar-refractivity contribution in [2.24, 2.45) is 0 Å². The van der Waals surface area contributed by atoms with Gasteiger partial charge >= 0.3 is 5.76 Å². The monoisotopic (exact) mass is 335 g/mol. The lowest BCUT2D eigenvalue weighted by atomic mass is 10.2. The van der Waals surface area contributed by atoms with Gasteiger partial charge in [0.05, 0.1) is 11.1 Å². The van der Waals surface area contributed by atoms with Crippen LogP contribution in [0.3, 0.4) is 0 Å². The molecule has 0 aliphatic rings. The normalized spacial score (nSPS) is 11.8. The van der Waals surface area contributed by atoms with Crippen molar-refractivity contribution < 1.29 is 21.6 Å². The number of hydrogen-bond donors (Lipinski definition) is 0. The molecule has 118 valence electrons. The summed E-state index contributed by atoms with van der Waals surface area (Å²) >= 11 is 0. The molecule has 0 N–H and O–H groups in total. The fourth-order valence-corrected chi connectivity index (χ4v) is 2.75. The first-order chi connectivity index (χ1) is 11.0. The lowest BCUT2D eigenvalue weighted by Crippen LogP contribution is -2.11. The number of oxazole rings is 1. The van der Waals surface area contributed by atoms with Gasteiger partial charge in [0.1, 0.15) is 0 Å². The third-order valence-electron chi connectivity index (χ3n) is 3.23. The van der Waals surface area contributed by atoms with Crippen LogP contribution >= 0.6 is 0 Å². The maximum absolute atomic E-state index is 12.5. The lowest BCUT2D eigenvalue weighted by Gasteiger charge is -2.03. The fraction of sp³-hybridized carbons (Fsp3) is 0.0625. The predicted molar refractivity (Wildman–Crippen MR) is 80.6 cm³/mol. The number of rotatable bonds is 4. The molecule has 3 rings (SSSR count). The average molecular weight is 335 g/mol. The molecule has 0 atom stereocenters. The Hall–Kier alpha value is -2.54. The molecular formula is C16H11F2NO3S. The zero-order valence-electron chi connectivity index (χ0n) is 11.7. The van der Waals surface area contributed by atoms with Crippen LogP contribution in [0, 0.1) is 0 Å². The summed E-state index contributed by atoms with van der Waals surface area (Å²) in [6.07, 6.45) is 1.50. The van der Waals surface area contributed by atoms with E-state index in [1.54, 1.807) is 0 Å². The van der Waals surface area contributed by atoms with Crippen LogP contribution in [0.2, 0.25) is 0 Å². The first-order valence-corrected chi connectivity index (χ1v) is 8.17. The van der Waals surface area contributed by atoms with Gasteiger partial charge in [-0.15, -0.1) is 0 Å². The van der Waals surface area contributed by atoms with E-state index < -0.39 is 20.5 Å². The summed E-state index contributed by atoms with van der Waals surface area (Å²) in [5.41, 5.74) is 1.35. The van der Waals surface area contributed by atoms with Gasteiger partial charge in [-0.25, -0.2) is 13.4 Å². The number of hydrogen-bond acceptors (Lipinski definition) is 4. The molecule has 0 bridgehead atoms. The Labute approximate surface area is 131 Å². The number of sulfone groups is 1. The Morgan fingerprint density at radius 3 is 2.17 bits per heavy atom. The highest BCUT2D eigenvalue weighted by molar-refractivity contribution is 7.91. The molecule has 0 radical (unpaired) electrons. The Morgan fingerprint density at radius 2 is 1.57 bits per heavy atom. The Morgan fingerprint density at radius 1 is 0.913 bits per heavy atom. The van der Waals surface area contributed by atoms with Gasteiger partial charge in [-0.2, -0.15) is 8.78 Å². The van der Waals surface area contributed by atoms with Crippen LogP contribution in [0.1, 0.15) is 0 Å². The van der Waals surface area contributed by atoms with Crippen molar-refractivity contribution >= 4 is 9.84 Å². The molecular weight excluding hydrogens is 324 g/mol. The van der Waals surface area contributed by atoms with E-state index in [-0.39, 0.29) is 0 Å². The van der Waals surface area contributed by atoms with E-state index in [1.165, 1.54) is 18.3 Å². The third-order valence-corrected chi connectivity index (χ3v) is 4.63. The first-order valence-electron chi connectivity index (χ1n) is 6.62. The van der Waals surface area contributed by atoms with Crippen molar-refractivity contribution in [1.82, 2.24) is 4.98 Å². The highest BCUT2D eigenvalue weighted by Crippen LogP contribution is 2.27. The van der Waals surface area contributed by atoms with Gasteiger partial charge in [0, 0.05) is 11.1 Å². The minimum Gasteiger partial charge on any atom is -0.436 e. The second kappa shape index (κ2) is 5.92. The molecule has 2 aromatic carbocycles. The molecule has 0 aliphatic heterocycles. The van der Waals surface area contributed by atoms with Crippen molar-refractivity contribution in [3.63, 3.8) is 0 Å². The van der Waals surface area contributed by atoms with E-state index in [1.807, 2.05) is 30.3 Å². The van der Waals surface area contributed by atoms with E-state index in [0.29, 0.717) is 17.2 Å². The van der Waals surface area contributed by atoms with Crippen LogP contribution in [0.25, 0.3) is 22.8 Å². The molecule has 0 saturated carbocycles. The number of alkyl halides is 2. The summed E-state index contributed by atoms with van der Waals surface area (Å²) < 4.78 is 53.4. The van der Waals surface area contributed by atoms with E-state index in [9.17, 15) is 17.2 Å². The topological polar surface area (TPSA) is 60.2 Å². The largest absolute Gasteiger partial charge is 0.436 e. The van der Waals surface area contributed by atoms with Crippen LogP contribution in [0.15, 0.2) is 70.1 Å². The van der Waals surface area contributed by atoms with Crippen molar-refractivity contribution in [2.45, 2.75) is 10.7 Å². The summed E-state index contributed by atoms with van der Waals surface area (Å²) in [6, 6.07) is 14.3. The van der Waals surface area contributed by atoms with Crippen LogP contribution < -0.4 is 0 Å². The molecule has 0 spiro atoms. The van der Waals surface area contributed by atoms with Crippen LogP contribution in [0.4, 0.5) is 8.78 Å². The standard InChI is InChI=1S/C16H11F2NO3S/c17-16(18)23(20,21)13-8-6-11(7-9-13)14-10-19-15(22-14)12-4-2-1-3-5-12/h1-10,16H. The van der Waals surface area contributed by atoms with Crippen LogP contribution in [0.5, 0.6) is 0 Å². The Kier molecular flexibility index (Phi) is 3.96. The molecule has 1 heterocycles. The van der Waals surface area contributed by atoms with Crippen LogP contribution in [-0.2, 0) is 9.84 Å². The molecule has 23 heavy (non-hydrogen) atoms. The summed E-state index contributed by atoms with van der Waals surface area (Å²) in [7, 11) is -4.59. The summed E-state index contributed by atoms with van der Waals surface area (Å²) in [6.45, 7) is 0. The minimum atomic E-state index is -4.59. The van der Waals surface area contributed by atoms with Gasteiger partial charge in [-0.05, 0) is 36.4 Å². The molecule has 0 unspecified atom stereocenters. The lowest BCUT2D eigenvalue weighted by molar-refractivity contribution is 0.234. The molecule has 3 aromatic rings. The highest BCUT2D eigenvalue weighted by atomic mass is 32.2. The molecule has 0 fully saturated rings. The Bertz CT molecular complexity index is 904. The molecule has 0 aliphatic carbocycles. The van der Waals surface area contributed by atoms with Crippen molar-refractivity contribution in [1.29, 1.82) is 0 Å². The second-order valence-electron chi connectivity index (χ2n) is 4.73. The maximum Gasteiger partial charge on any atom is 0.341 e. The second-order valence-corrected chi connectivity index (χ2v) is 6.64. The zero-order valence-corrected chi connectivity index (χ0v) is 12.5. The van der Waals surface area contributed by atoms with Gasteiger partial charge in [0.25, 0.3) is 0 Å². The molecule has 0 saturated heterocycles. The number of benzene rings is 2. The first kappa shape index (κ1) is 15.4. The average Bonchev–Trinajstić information content (AvgIpc) is 3.05. The van der Waals surface area contributed by atoms with Gasteiger partial charge in [0.2, 0.25) is 15.7 Å². The van der Waals surface area contributed by atoms with E-state index in [4.69, 9.17) is 4.42 Å². The Balaban J connectivity index is 1.91. The van der Waals surface area contributed by atoms with Gasteiger partial charge in [-0.3, -0.25) is 0 Å². The number of aromatic nitrogens is 1. The SMILES string of the molecule is O=S(=O)(c1ccc(-c2cnc(-c3ccccc3)o2)cc1)C(F)F. The summed E-state index contributed by atoms with van der Waals surface area (Å²) in [4.78, 5) is 3.73. The molecule has 0 amide bonds. The van der Waals surface area contributed by atoms with Crippen LogP contribution in [-0.4, -0.2) is 19.2 Å². The maximum atomic E-state index is 12.5. The van der Waals surface area contributed by atoms with Gasteiger partial charge in [0.15, 0.2) is 5.76 Å². The number of nitrogens with zero attached hydrogens (tertiary/aromatic N) is 1. The van der Waals surface area contributed by atoms with E-state index in [0.717, 1.165) is 17.7 Å². The van der Waals surface area contributed by atoms with Gasteiger partial charge < -0.3 is 4.42 Å². The van der Waals surface area contributed by atoms with Crippen molar-refractivity contribution in [3.05, 3.63) is 60.8 Å². The summed E-state index contributed by atoms with van der Waals surface area (Å²) in [5, 5.41) is 0.